The van der Waals surface area contributed by atoms with Crippen LogP contribution in [0, 0.1) is 17.5 Å². The zero-order valence-electron chi connectivity index (χ0n) is 13.4. The molecule has 0 saturated heterocycles. The monoisotopic (exact) mass is 474 g/mol. The third-order valence-corrected chi connectivity index (χ3v) is 4.65. The van der Waals surface area contributed by atoms with E-state index in [1.54, 1.807) is 12.3 Å². The average Bonchev–Trinajstić information content (AvgIpc) is 2.93. The van der Waals surface area contributed by atoms with Gasteiger partial charge in [-0.05, 0) is 52.4 Å². The van der Waals surface area contributed by atoms with Crippen LogP contribution in [0.1, 0.15) is 5.56 Å². The Bertz CT molecular complexity index is 992. The molecule has 0 aliphatic rings. The number of nitrogens with one attached hydrogen (secondary N) is 2. The van der Waals surface area contributed by atoms with Crippen molar-refractivity contribution < 1.29 is 13.2 Å². The second-order valence-corrected chi connectivity index (χ2v) is 7.10. The van der Waals surface area contributed by atoms with E-state index in [9.17, 15) is 13.2 Å². The molecule has 27 heavy (non-hydrogen) atoms. The molecule has 0 fully saturated rings. The van der Waals surface area contributed by atoms with Crippen LogP contribution in [-0.2, 0) is 6.54 Å². The largest absolute Gasteiger partial charge is 0.330 e. The fourth-order valence-electron chi connectivity index (χ4n) is 2.26. The molecule has 0 bridgehead atoms. The summed E-state index contributed by atoms with van der Waals surface area (Å²) in [5.41, 5.74) is 0.317. The van der Waals surface area contributed by atoms with E-state index in [-0.39, 0.29) is 17.3 Å². The molecule has 0 aliphatic carbocycles. The minimum absolute atomic E-state index is 0.0163. The van der Waals surface area contributed by atoms with Crippen molar-refractivity contribution in [1.29, 1.82) is 0 Å². The molecule has 1 aromatic heterocycles. The number of thiocarbonyl (C=S) groups is 1. The van der Waals surface area contributed by atoms with E-state index in [1.807, 2.05) is 0 Å². The van der Waals surface area contributed by atoms with Crippen LogP contribution in [0.15, 0.2) is 47.1 Å². The van der Waals surface area contributed by atoms with Gasteiger partial charge in [0.2, 0.25) is 0 Å². The summed E-state index contributed by atoms with van der Waals surface area (Å²) in [5.74, 6) is -1.57. The Hall–Kier alpha value is -2.10. The molecule has 0 unspecified atom stereocenters. The van der Waals surface area contributed by atoms with Gasteiger partial charge in [-0.3, -0.25) is 4.68 Å². The number of nitrogens with zero attached hydrogens (tertiary/aromatic N) is 2. The number of benzene rings is 2. The molecule has 0 aliphatic heterocycles. The summed E-state index contributed by atoms with van der Waals surface area (Å²) in [5, 5.41) is 10.0. The van der Waals surface area contributed by atoms with Crippen molar-refractivity contribution >= 4 is 56.4 Å². The lowest BCUT2D eigenvalue weighted by Crippen LogP contribution is -2.20. The van der Waals surface area contributed by atoms with Crippen molar-refractivity contribution in [3.63, 3.8) is 0 Å². The lowest BCUT2D eigenvalue weighted by molar-refractivity contribution is 0.586. The Balaban J connectivity index is 1.72. The number of rotatable bonds is 4. The molecule has 0 spiro atoms. The Morgan fingerprint density at radius 1 is 1.15 bits per heavy atom. The first-order valence-electron chi connectivity index (χ1n) is 7.52. The highest BCUT2D eigenvalue weighted by Crippen LogP contribution is 2.24. The van der Waals surface area contributed by atoms with E-state index in [2.05, 4.69) is 31.7 Å². The molecule has 10 heteroatoms. The summed E-state index contributed by atoms with van der Waals surface area (Å²) < 4.78 is 42.6. The maximum Gasteiger partial charge on any atom is 0.176 e. The first-order valence-corrected chi connectivity index (χ1v) is 9.10. The highest BCUT2D eigenvalue weighted by Gasteiger charge is 2.13. The molecule has 0 atom stereocenters. The quantitative estimate of drug-likeness (QED) is 0.484. The number of hydrogen-bond acceptors (Lipinski definition) is 2. The van der Waals surface area contributed by atoms with E-state index in [1.165, 1.54) is 22.9 Å². The van der Waals surface area contributed by atoms with Crippen LogP contribution in [0.5, 0.6) is 0 Å². The molecule has 2 N–H and O–H groups in total. The minimum Gasteiger partial charge on any atom is -0.330 e. The predicted molar refractivity (Wildman–Crippen MR) is 107 cm³/mol. The summed E-state index contributed by atoms with van der Waals surface area (Å²) in [4.78, 5) is 0. The second kappa shape index (κ2) is 8.28. The third kappa shape index (κ3) is 4.79. The maximum atomic E-state index is 13.9. The molecule has 3 rings (SSSR count). The number of anilines is 2. The molecule has 2 aromatic carbocycles. The lowest BCUT2D eigenvalue weighted by Gasteiger charge is -2.10. The van der Waals surface area contributed by atoms with Gasteiger partial charge in [-0.15, -0.1) is 0 Å². The van der Waals surface area contributed by atoms with E-state index in [0.717, 1.165) is 12.1 Å². The molecular weight excluding hydrogens is 465 g/mol. The van der Waals surface area contributed by atoms with Gasteiger partial charge in [-0.2, -0.15) is 5.10 Å². The van der Waals surface area contributed by atoms with Crippen LogP contribution in [0.4, 0.5) is 24.7 Å². The van der Waals surface area contributed by atoms with Crippen LogP contribution in [-0.4, -0.2) is 14.9 Å². The van der Waals surface area contributed by atoms with Crippen molar-refractivity contribution in [3.8, 4) is 0 Å². The van der Waals surface area contributed by atoms with Gasteiger partial charge in [0, 0.05) is 22.8 Å². The highest BCUT2D eigenvalue weighted by molar-refractivity contribution is 9.10. The van der Waals surface area contributed by atoms with Gasteiger partial charge in [-0.1, -0.05) is 17.7 Å². The van der Waals surface area contributed by atoms with Gasteiger partial charge in [0.15, 0.2) is 10.9 Å². The first kappa shape index (κ1) is 19.7. The van der Waals surface area contributed by atoms with Gasteiger partial charge in [0.1, 0.15) is 17.5 Å². The van der Waals surface area contributed by atoms with Gasteiger partial charge >= 0.3 is 0 Å². The lowest BCUT2D eigenvalue weighted by atomic mass is 10.2. The van der Waals surface area contributed by atoms with Gasteiger partial charge in [0.25, 0.3) is 0 Å². The summed E-state index contributed by atoms with van der Waals surface area (Å²) >= 11 is 14.5. The van der Waals surface area contributed by atoms with Crippen LogP contribution >= 0.6 is 39.7 Å². The summed E-state index contributed by atoms with van der Waals surface area (Å²) in [6.45, 7) is 0.110. The maximum absolute atomic E-state index is 13.9. The summed E-state index contributed by atoms with van der Waals surface area (Å²) in [6, 6.07) is 7.51. The molecule has 0 saturated carbocycles. The molecule has 0 amide bonds. The van der Waals surface area contributed by atoms with Crippen LogP contribution < -0.4 is 10.6 Å². The van der Waals surface area contributed by atoms with Crippen molar-refractivity contribution in [1.82, 2.24) is 9.78 Å². The van der Waals surface area contributed by atoms with Crippen molar-refractivity contribution in [2.45, 2.75) is 6.54 Å². The normalized spacial score (nSPS) is 10.7. The number of hydrogen-bond donors (Lipinski definition) is 2. The predicted octanol–water partition coefficient (Wildman–Crippen LogP) is 5.57. The summed E-state index contributed by atoms with van der Waals surface area (Å²) in [7, 11) is 0. The smallest absolute Gasteiger partial charge is 0.176 e. The zero-order valence-corrected chi connectivity index (χ0v) is 16.6. The van der Waals surface area contributed by atoms with Crippen molar-refractivity contribution in [2.24, 2.45) is 0 Å². The fraction of sp³-hybridized carbons (Fsp3) is 0.0588. The number of aromatic nitrogens is 2. The molecule has 1 heterocycles. The minimum atomic E-state index is -0.780. The molecular formula is C17H11BrClF3N4S. The topological polar surface area (TPSA) is 41.9 Å². The van der Waals surface area contributed by atoms with Crippen LogP contribution in [0.3, 0.4) is 0 Å². The Morgan fingerprint density at radius 3 is 2.63 bits per heavy atom. The number of halogens is 5. The second-order valence-electron chi connectivity index (χ2n) is 5.43. The molecule has 4 nitrogen and oxygen atoms in total. The van der Waals surface area contributed by atoms with Gasteiger partial charge < -0.3 is 10.6 Å². The summed E-state index contributed by atoms with van der Waals surface area (Å²) in [6.07, 6.45) is 1.62. The van der Waals surface area contributed by atoms with E-state index in [4.69, 9.17) is 23.8 Å². The Labute approximate surface area is 171 Å². The SMILES string of the molecule is Fc1ccc(NC(=S)Nc2nn(Cc3c(F)cccc3Cl)cc2Br)c(F)c1. The standard InChI is InChI=1S/C17H11BrClF3N4S/c18-11-8-26(7-10-12(19)2-1-3-13(10)21)25-16(11)24-17(27)23-15-5-4-9(20)6-14(15)22/h1-6,8H,7H2,(H2,23,24,25,27). The van der Waals surface area contributed by atoms with Gasteiger partial charge in [-0.25, -0.2) is 13.2 Å². The Morgan fingerprint density at radius 2 is 1.93 bits per heavy atom. The van der Waals surface area contributed by atoms with E-state index in [0.29, 0.717) is 20.9 Å². The zero-order chi connectivity index (χ0) is 19.6. The van der Waals surface area contributed by atoms with Crippen LogP contribution in [0.2, 0.25) is 5.02 Å². The van der Waals surface area contributed by atoms with Crippen molar-refractivity contribution in [2.75, 3.05) is 10.6 Å². The molecule has 0 radical (unpaired) electrons. The third-order valence-electron chi connectivity index (χ3n) is 3.51. The van der Waals surface area contributed by atoms with Crippen molar-refractivity contribution in [3.05, 3.63) is 75.1 Å². The molecule has 3 aromatic rings. The van der Waals surface area contributed by atoms with E-state index < -0.39 is 17.5 Å². The van der Waals surface area contributed by atoms with E-state index >= 15 is 0 Å². The highest BCUT2D eigenvalue weighted by atomic mass is 79.9. The fourth-order valence-corrected chi connectivity index (χ4v) is 3.10. The average molecular weight is 476 g/mol. The Kier molecular flexibility index (Phi) is 6.03. The molecule has 140 valence electrons. The first-order chi connectivity index (χ1) is 12.8. The van der Waals surface area contributed by atoms with Gasteiger partial charge in [0.05, 0.1) is 16.7 Å². The van der Waals surface area contributed by atoms with Crippen LogP contribution in [0.25, 0.3) is 0 Å².